The van der Waals surface area contributed by atoms with E-state index in [2.05, 4.69) is 31.2 Å². The smallest absolute Gasteiger partial charge is 0.0462 e. The SMILES string of the molecule is CCCCCCCCCC(CO)Cc1ccccc1. The molecule has 1 unspecified atom stereocenters. The van der Waals surface area contributed by atoms with E-state index in [9.17, 15) is 5.11 Å². The minimum atomic E-state index is 0.324. The number of rotatable bonds is 11. The van der Waals surface area contributed by atoms with Gasteiger partial charge >= 0.3 is 0 Å². The van der Waals surface area contributed by atoms with E-state index in [0.717, 1.165) is 6.42 Å². The Kier molecular flexibility index (Phi) is 9.44. The predicted molar refractivity (Wildman–Crippen MR) is 83.3 cm³/mol. The van der Waals surface area contributed by atoms with Crippen LogP contribution in [0.5, 0.6) is 0 Å². The van der Waals surface area contributed by atoms with Crippen molar-refractivity contribution < 1.29 is 5.11 Å². The Morgan fingerprint density at radius 1 is 0.895 bits per heavy atom. The normalized spacial score (nSPS) is 12.5. The van der Waals surface area contributed by atoms with Crippen LogP contribution in [0.2, 0.25) is 0 Å². The van der Waals surface area contributed by atoms with Gasteiger partial charge in [0, 0.05) is 6.61 Å². The van der Waals surface area contributed by atoms with Crippen LogP contribution in [0, 0.1) is 5.92 Å². The van der Waals surface area contributed by atoms with Crippen molar-refractivity contribution in [2.45, 2.75) is 64.7 Å². The highest BCUT2D eigenvalue weighted by Gasteiger charge is 2.08. The molecule has 1 atom stereocenters. The van der Waals surface area contributed by atoms with Gasteiger partial charge in [-0.15, -0.1) is 0 Å². The molecule has 1 aromatic carbocycles. The fourth-order valence-corrected chi connectivity index (χ4v) is 2.60. The molecule has 0 amide bonds. The molecular formula is C18H30O. The summed E-state index contributed by atoms with van der Waals surface area (Å²) >= 11 is 0. The maximum Gasteiger partial charge on any atom is 0.0462 e. The lowest BCUT2D eigenvalue weighted by Crippen LogP contribution is -2.09. The molecule has 0 fully saturated rings. The first kappa shape index (κ1) is 16.2. The molecule has 1 rings (SSSR count). The third-order valence-electron chi connectivity index (χ3n) is 3.84. The molecule has 0 aliphatic carbocycles. The second-order valence-corrected chi connectivity index (χ2v) is 5.65. The van der Waals surface area contributed by atoms with Gasteiger partial charge in [0.05, 0.1) is 0 Å². The van der Waals surface area contributed by atoms with Crippen molar-refractivity contribution in [2.75, 3.05) is 6.61 Å². The summed E-state index contributed by atoms with van der Waals surface area (Å²) in [6, 6.07) is 10.5. The molecule has 19 heavy (non-hydrogen) atoms. The highest BCUT2D eigenvalue weighted by atomic mass is 16.3. The van der Waals surface area contributed by atoms with Crippen LogP contribution in [-0.2, 0) is 6.42 Å². The third kappa shape index (κ3) is 8.05. The Bertz CT molecular complexity index is 294. The van der Waals surface area contributed by atoms with Crippen molar-refractivity contribution in [1.29, 1.82) is 0 Å². The Balaban J connectivity index is 2.09. The molecule has 1 nitrogen and oxygen atoms in total. The Hall–Kier alpha value is -0.820. The minimum Gasteiger partial charge on any atom is -0.396 e. The van der Waals surface area contributed by atoms with Crippen LogP contribution in [0.25, 0.3) is 0 Å². The molecule has 1 N–H and O–H groups in total. The lowest BCUT2D eigenvalue weighted by Gasteiger charge is -2.14. The highest BCUT2D eigenvalue weighted by molar-refractivity contribution is 5.15. The molecule has 0 radical (unpaired) electrons. The van der Waals surface area contributed by atoms with E-state index in [4.69, 9.17) is 0 Å². The van der Waals surface area contributed by atoms with Gasteiger partial charge in [-0.05, 0) is 24.3 Å². The number of benzene rings is 1. The zero-order valence-electron chi connectivity index (χ0n) is 12.5. The second-order valence-electron chi connectivity index (χ2n) is 5.65. The lowest BCUT2D eigenvalue weighted by atomic mass is 9.94. The molecular weight excluding hydrogens is 232 g/mol. The van der Waals surface area contributed by atoms with E-state index in [-0.39, 0.29) is 0 Å². The summed E-state index contributed by atoms with van der Waals surface area (Å²) in [7, 11) is 0. The topological polar surface area (TPSA) is 20.2 Å². The maximum absolute atomic E-state index is 9.46. The average molecular weight is 262 g/mol. The van der Waals surface area contributed by atoms with Crippen molar-refractivity contribution in [2.24, 2.45) is 5.92 Å². The van der Waals surface area contributed by atoms with Crippen LogP contribution < -0.4 is 0 Å². The molecule has 0 bridgehead atoms. The van der Waals surface area contributed by atoms with Crippen molar-refractivity contribution >= 4 is 0 Å². The third-order valence-corrected chi connectivity index (χ3v) is 3.84. The van der Waals surface area contributed by atoms with Crippen LogP contribution in [0.3, 0.4) is 0 Å². The predicted octanol–water partition coefficient (Wildman–Crippen LogP) is 4.98. The summed E-state index contributed by atoms with van der Waals surface area (Å²) in [5.74, 6) is 0.443. The van der Waals surface area contributed by atoms with Crippen molar-refractivity contribution in [1.82, 2.24) is 0 Å². The molecule has 0 saturated carbocycles. The molecule has 0 aliphatic rings. The van der Waals surface area contributed by atoms with Crippen molar-refractivity contribution in [3.8, 4) is 0 Å². The molecule has 0 aliphatic heterocycles. The van der Waals surface area contributed by atoms with Crippen LogP contribution in [0.15, 0.2) is 30.3 Å². The summed E-state index contributed by atoms with van der Waals surface area (Å²) in [5, 5.41) is 9.46. The number of unbranched alkanes of at least 4 members (excludes halogenated alkanes) is 6. The molecule has 108 valence electrons. The fourth-order valence-electron chi connectivity index (χ4n) is 2.60. The van der Waals surface area contributed by atoms with Crippen molar-refractivity contribution in [3.63, 3.8) is 0 Å². The van der Waals surface area contributed by atoms with E-state index >= 15 is 0 Å². The summed E-state index contributed by atoms with van der Waals surface area (Å²) in [6.07, 6.45) is 11.6. The van der Waals surface area contributed by atoms with Gasteiger partial charge in [-0.25, -0.2) is 0 Å². The van der Waals surface area contributed by atoms with Gasteiger partial charge in [0.2, 0.25) is 0 Å². The Morgan fingerprint density at radius 3 is 2.16 bits per heavy atom. The molecule has 1 aromatic rings. The molecule has 1 heteroatoms. The summed E-state index contributed by atoms with van der Waals surface area (Å²) < 4.78 is 0. The quantitative estimate of drug-likeness (QED) is 0.558. The highest BCUT2D eigenvalue weighted by Crippen LogP contribution is 2.16. The van der Waals surface area contributed by atoms with Crippen LogP contribution in [0.1, 0.15) is 63.9 Å². The first-order valence-electron chi connectivity index (χ1n) is 8.01. The van der Waals surface area contributed by atoms with E-state index in [0.29, 0.717) is 12.5 Å². The van der Waals surface area contributed by atoms with Gasteiger partial charge in [-0.3, -0.25) is 0 Å². The molecule has 0 saturated heterocycles. The average Bonchev–Trinajstić information content (AvgIpc) is 2.46. The maximum atomic E-state index is 9.46. The standard InChI is InChI=1S/C18H30O/c1-2-3-4-5-6-7-9-14-18(16-19)15-17-12-10-8-11-13-17/h8,10-13,18-19H,2-7,9,14-16H2,1H3. The zero-order valence-corrected chi connectivity index (χ0v) is 12.5. The van der Waals surface area contributed by atoms with Gasteiger partial charge in [0.15, 0.2) is 0 Å². The fraction of sp³-hybridized carbons (Fsp3) is 0.667. The number of aliphatic hydroxyl groups is 1. The Morgan fingerprint density at radius 2 is 1.53 bits per heavy atom. The van der Waals surface area contributed by atoms with E-state index in [1.807, 2.05) is 6.07 Å². The molecule has 0 heterocycles. The first-order valence-corrected chi connectivity index (χ1v) is 8.01. The van der Waals surface area contributed by atoms with E-state index < -0.39 is 0 Å². The van der Waals surface area contributed by atoms with Gasteiger partial charge in [-0.2, -0.15) is 0 Å². The summed E-state index contributed by atoms with van der Waals surface area (Å²) in [4.78, 5) is 0. The van der Waals surface area contributed by atoms with Crippen LogP contribution in [-0.4, -0.2) is 11.7 Å². The van der Waals surface area contributed by atoms with Gasteiger partial charge in [0.1, 0.15) is 0 Å². The summed E-state index contributed by atoms with van der Waals surface area (Å²) in [6.45, 7) is 2.58. The van der Waals surface area contributed by atoms with Gasteiger partial charge in [-0.1, -0.05) is 82.2 Å². The minimum absolute atomic E-state index is 0.324. The number of hydrogen-bond acceptors (Lipinski definition) is 1. The second kappa shape index (κ2) is 11.0. The molecule has 0 spiro atoms. The van der Waals surface area contributed by atoms with Gasteiger partial charge in [0.25, 0.3) is 0 Å². The molecule has 0 aromatic heterocycles. The number of aliphatic hydroxyl groups excluding tert-OH is 1. The van der Waals surface area contributed by atoms with Gasteiger partial charge < -0.3 is 5.11 Å². The lowest BCUT2D eigenvalue weighted by molar-refractivity contribution is 0.214. The largest absolute Gasteiger partial charge is 0.396 e. The zero-order chi connectivity index (χ0) is 13.8. The first-order chi connectivity index (χ1) is 9.36. The van der Waals surface area contributed by atoms with E-state index in [1.165, 1.54) is 56.9 Å². The summed E-state index contributed by atoms with van der Waals surface area (Å²) in [5.41, 5.74) is 1.35. The Labute approximate surface area is 119 Å². The van der Waals surface area contributed by atoms with Crippen LogP contribution >= 0.6 is 0 Å². The van der Waals surface area contributed by atoms with E-state index in [1.54, 1.807) is 0 Å². The van der Waals surface area contributed by atoms with Crippen LogP contribution in [0.4, 0.5) is 0 Å². The van der Waals surface area contributed by atoms with Crippen molar-refractivity contribution in [3.05, 3.63) is 35.9 Å². The number of hydrogen-bond donors (Lipinski definition) is 1. The monoisotopic (exact) mass is 262 g/mol.